The van der Waals surface area contributed by atoms with Crippen LogP contribution in [0.4, 0.5) is 4.79 Å². The van der Waals surface area contributed by atoms with Crippen LogP contribution in [-0.4, -0.2) is 82.7 Å². The van der Waals surface area contributed by atoms with Gasteiger partial charge in [0.15, 0.2) is 6.04 Å². The Bertz CT molecular complexity index is 987. The lowest BCUT2D eigenvalue weighted by molar-refractivity contribution is -0.401. The highest BCUT2D eigenvalue weighted by molar-refractivity contribution is 6.06. The van der Waals surface area contributed by atoms with Gasteiger partial charge in [-0.2, -0.15) is 9.69 Å². The van der Waals surface area contributed by atoms with Gasteiger partial charge in [-0.25, -0.2) is 9.37 Å². The molecule has 4 rings (SSSR count). The maximum atomic E-state index is 12.5. The molecule has 1 aromatic carbocycles. The van der Waals surface area contributed by atoms with Crippen molar-refractivity contribution < 1.29 is 19.0 Å². The lowest BCUT2D eigenvalue weighted by Crippen LogP contribution is -2.59. The van der Waals surface area contributed by atoms with E-state index in [1.165, 1.54) is 16.5 Å². The summed E-state index contributed by atoms with van der Waals surface area (Å²) in [4.78, 5) is 43.3. The van der Waals surface area contributed by atoms with E-state index in [2.05, 4.69) is 15.2 Å². The SMILES string of the molecule is CN1C(=O)C(N2CCC(NC(=O)Cc3c[nH]c4ccccc34)CC2)C=[N+](C)C1=O. The van der Waals surface area contributed by atoms with Crippen LogP contribution in [0.3, 0.4) is 0 Å². The topological polar surface area (TPSA) is 88.5 Å². The molecule has 1 saturated heterocycles. The third-order valence-corrected chi connectivity index (χ3v) is 5.85. The maximum absolute atomic E-state index is 12.5. The van der Waals surface area contributed by atoms with Crippen LogP contribution in [0.1, 0.15) is 18.4 Å². The summed E-state index contributed by atoms with van der Waals surface area (Å²) in [6.07, 6.45) is 5.47. The molecule has 152 valence electrons. The third kappa shape index (κ3) is 3.80. The van der Waals surface area contributed by atoms with Gasteiger partial charge < -0.3 is 10.3 Å². The van der Waals surface area contributed by atoms with Crippen molar-refractivity contribution in [3.8, 4) is 0 Å². The number of para-hydroxylation sites is 1. The van der Waals surface area contributed by atoms with Gasteiger partial charge in [0.1, 0.15) is 6.21 Å². The number of likely N-dealkylation sites (N-methyl/N-ethyl adjacent to an activating group) is 1. The average molecular weight is 396 g/mol. The Kier molecular flexibility index (Phi) is 5.19. The molecule has 0 aliphatic carbocycles. The Morgan fingerprint density at radius 3 is 2.72 bits per heavy atom. The first kappa shape index (κ1) is 19.3. The quantitative estimate of drug-likeness (QED) is 0.754. The number of nitrogens with zero attached hydrogens (tertiary/aromatic N) is 3. The number of carbonyl (C=O) groups is 3. The van der Waals surface area contributed by atoms with Gasteiger partial charge in [0.25, 0.3) is 0 Å². The number of amides is 4. The standard InChI is InChI=1S/C21H25N5O3/c1-24-13-18(20(28)25(2)21(24)29)26-9-7-15(8-10-26)23-19(27)11-14-12-22-17-6-4-3-5-16(14)17/h3-6,12-13,15,18,22H,7-11H2,1-2H3/p+1. The molecule has 1 aromatic heterocycles. The number of rotatable bonds is 4. The second-order valence-corrected chi connectivity index (χ2v) is 7.80. The summed E-state index contributed by atoms with van der Waals surface area (Å²) in [5.74, 6) is -0.187. The molecule has 1 fully saturated rings. The molecule has 2 N–H and O–H groups in total. The number of aromatic nitrogens is 1. The van der Waals surface area contributed by atoms with E-state index in [0.29, 0.717) is 19.5 Å². The van der Waals surface area contributed by atoms with E-state index in [0.717, 1.165) is 29.3 Å². The molecule has 8 heteroatoms. The highest BCUT2D eigenvalue weighted by atomic mass is 16.2. The van der Waals surface area contributed by atoms with Gasteiger partial charge in [0.05, 0.1) is 20.5 Å². The summed E-state index contributed by atoms with van der Waals surface area (Å²) in [5.41, 5.74) is 2.03. The lowest BCUT2D eigenvalue weighted by atomic mass is 10.0. The van der Waals surface area contributed by atoms with Crippen molar-refractivity contribution in [1.82, 2.24) is 20.1 Å². The number of fused-ring (bicyclic) bond motifs is 1. The minimum Gasteiger partial charge on any atom is -0.361 e. The van der Waals surface area contributed by atoms with Crippen molar-refractivity contribution in [3.05, 3.63) is 36.0 Å². The van der Waals surface area contributed by atoms with Crippen molar-refractivity contribution in [2.45, 2.75) is 31.3 Å². The molecule has 2 aliphatic heterocycles. The molecule has 0 saturated carbocycles. The molecule has 2 aromatic rings. The first-order chi connectivity index (χ1) is 13.9. The number of benzene rings is 1. The summed E-state index contributed by atoms with van der Waals surface area (Å²) >= 11 is 0. The van der Waals surface area contributed by atoms with E-state index < -0.39 is 6.04 Å². The third-order valence-electron chi connectivity index (χ3n) is 5.85. The molecule has 0 bridgehead atoms. The largest absolute Gasteiger partial charge is 0.500 e. The lowest BCUT2D eigenvalue weighted by Gasteiger charge is -2.36. The van der Waals surface area contributed by atoms with E-state index in [1.54, 1.807) is 13.3 Å². The molecule has 0 spiro atoms. The monoisotopic (exact) mass is 396 g/mol. The Balaban J connectivity index is 1.32. The number of hydrogen-bond acceptors (Lipinski definition) is 4. The number of imide groups is 1. The molecule has 3 heterocycles. The zero-order valence-electron chi connectivity index (χ0n) is 16.7. The fourth-order valence-corrected chi connectivity index (χ4v) is 4.17. The van der Waals surface area contributed by atoms with E-state index in [1.807, 2.05) is 30.5 Å². The zero-order chi connectivity index (χ0) is 20.5. The number of hydrogen-bond donors (Lipinski definition) is 2. The Labute approximate surface area is 169 Å². The van der Waals surface area contributed by atoms with E-state index in [4.69, 9.17) is 0 Å². The number of H-pyrrole nitrogens is 1. The van der Waals surface area contributed by atoms with Crippen LogP contribution in [-0.2, 0) is 16.0 Å². The molecular weight excluding hydrogens is 370 g/mol. The number of urea groups is 1. The average Bonchev–Trinajstić information content (AvgIpc) is 3.12. The first-order valence-electron chi connectivity index (χ1n) is 9.92. The first-order valence-corrected chi connectivity index (χ1v) is 9.92. The molecule has 1 atom stereocenters. The Morgan fingerprint density at radius 1 is 1.24 bits per heavy atom. The number of aromatic amines is 1. The van der Waals surface area contributed by atoms with Crippen LogP contribution >= 0.6 is 0 Å². The fourth-order valence-electron chi connectivity index (χ4n) is 4.17. The number of carbonyl (C=O) groups excluding carboxylic acids is 3. The van der Waals surface area contributed by atoms with Gasteiger partial charge in [0.2, 0.25) is 5.91 Å². The normalized spacial score (nSPS) is 21.5. The van der Waals surface area contributed by atoms with E-state index >= 15 is 0 Å². The van der Waals surface area contributed by atoms with Gasteiger partial charge in [-0.3, -0.25) is 9.69 Å². The molecule has 29 heavy (non-hydrogen) atoms. The summed E-state index contributed by atoms with van der Waals surface area (Å²) in [6, 6.07) is 7.31. The molecule has 1 unspecified atom stereocenters. The van der Waals surface area contributed by atoms with Gasteiger partial charge >= 0.3 is 11.9 Å². The van der Waals surface area contributed by atoms with Crippen LogP contribution in [0.25, 0.3) is 10.9 Å². The van der Waals surface area contributed by atoms with Crippen molar-refractivity contribution in [2.24, 2.45) is 0 Å². The number of nitrogens with one attached hydrogen (secondary N) is 2. The van der Waals surface area contributed by atoms with Gasteiger partial charge in [-0.15, -0.1) is 0 Å². The second-order valence-electron chi connectivity index (χ2n) is 7.80. The molecular formula is C21H26N5O3+. The van der Waals surface area contributed by atoms with Gasteiger partial charge in [0, 0.05) is 36.2 Å². The van der Waals surface area contributed by atoms with Gasteiger partial charge in [-0.05, 0) is 24.5 Å². The zero-order valence-corrected chi connectivity index (χ0v) is 16.7. The summed E-state index contributed by atoms with van der Waals surface area (Å²) in [5, 5.41) is 4.21. The predicted molar refractivity (Wildman–Crippen MR) is 109 cm³/mol. The highest BCUT2D eigenvalue weighted by Crippen LogP contribution is 2.19. The van der Waals surface area contributed by atoms with Crippen LogP contribution in [0.5, 0.6) is 0 Å². The minimum absolute atomic E-state index is 0.0126. The predicted octanol–water partition coefficient (Wildman–Crippen LogP) is 0.965. The molecule has 0 radical (unpaired) electrons. The summed E-state index contributed by atoms with van der Waals surface area (Å²) in [6.45, 7) is 1.39. The van der Waals surface area contributed by atoms with Crippen LogP contribution < -0.4 is 5.32 Å². The van der Waals surface area contributed by atoms with Crippen molar-refractivity contribution in [2.75, 3.05) is 27.2 Å². The van der Waals surface area contributed by atoms with Gasteiger partial charge in [-0.1, -0.05) is 18.2 Å². The maximum Gasteiger partial charge on any atom is 0.500 e. The highest BCUT2D eigenvalue weighted by Gasteiger charge is 2.42. The van der Waals surface area contributed by atoms with E-state index in [-0.39, 0.29) is 23.9 Å². The van der Waals surface area contributed by atoms with E-state index in [9.17, 15) is 14.4 Å². The molecule has 2 aliphatic rings. The molecule has 4 amide bonds. The summed E-state index contributed by atoms with van der Waals surface area (Å²) in [7, 11) is 3.18. The van der Waals surface area contributed by atoms with Crippen molar-refractivity contribution in [3.63, 3.8) is 0 Å². The fraction of sp³-hybridized carbons (Fsp3) is 0.429. The summed E-state index contributed by atoms with van der Waals surface area (Å²) < 4.78 is 1.46. The van der Waals surface area contributed by atoms with Crippen LogP contribution in [0.2, 0.25) is 0 Å². The second kappa shape index (κ2) is 7.79. The smallest absolute Gasteiger partial charge is 0.361 e. The van der Waals surface area contributed by atoms with Crippen LogP contribution in [0, 0.1) is 0 Å². The molecule has 8 nitrogen and oxygen atoms in total. The number of piperidine rings is 1. The van der Waals surface area contributed by atoms with Crippen molar-refractivity contribution in [1.29, 1.82) is 0 Å². The Hall–Kier alpha value is -3.00. The minimum atomic E-state index is -0.425. The van der Waals surface area contributed by atoms with Crippen molar-refractivity contribution >= 4 is 35.0 Å². The van der Waals surface area contributed by atoms with Crippen LogP contribution in [0.15, 0.2) is 30.5 Å². The number of likely N-dealkylation sites (tertiary alicyclic amines) is 1. The Morgan fingerprint density at radius 2 is 1.97 bits per heavy atom.